The van der Waals surface area contributed by atoms with E-state index in [0.717, 1.165) is 28.3 Å². The number of furan rings is 1. The number of benzene rings is 2. The quantitative estimate of drug-likeness (QED) is 0.315. The van der Waals surface area contributed by atoms with Gasteiger partial charge in [-0.15, -0.1) is 0 Å². The van der Waals surface area contributed by atoms with Crippen molar-refractivity contribution in [3.63, 3.8) is 0 Å². The van der Waals surface area contributed by atoms with Gasteiger partial charge in [0.2, 0.25) is 0 Å². The van der Waals surface area contributed by atoms with Gasteiger partial charge >= 0.3 is 0 Å². The molecule has 0 saturated carbocycles. The zero-order valence-electron chi connectivity index (χ0n) is 17.1. The van der Waals surface area contributed by atoms with Crippen molar-refractivity contribution < 1.29 is 4.42 Å². The predicted molar refractivity (Wildman–Crippen MR) is 133 cm³/mol. The zero-order chi connectivity index (χ0) is 22.2. The molecular weight excluding hydrogens is 461 g/mol. The first-order chi connectivity index (χ1) is 15.5. The first kappa shape index (κ1) is 21.0. The van der Waals surface area contributed by atoms with Gasteiger partial charge in [-0.05, 0) is 79.3 Å². The fourth-order valence-corrected chi connectivity index (χ4v) is 4.89. The lowest BCUT2D eigenvalue weighted by Crippen LogP contribution is -2.29. The molecule has 1 aliphatic heterocycles. The number of thiocarbonyl (C=S) groups is 1. The molecule has 2 aromatic heterocycles. The van der Waals surface area contributed by atoms with Crippen LogP contribution in [0.4, 0.5) is 5.69 Å². The van der Waals surface area contributed by atoms with Crippen LogP contribution in [0.15, 0.2) is 83.4 Å². The standard InChI is InChI=1S/C25H19Cl2N3OS/c1-15-5-4-6-17(13-15)30-24(23(29-25(30)32)20-7-2-3-12-28-20)22-11-10-21(31-22)18-9-8-16(26)14-19(18)27/h2-14,23-24H,1H3,(H,29,32)/t23-,24-/m1/s1. The number of aromatic nitrogens is 1. The van der Waals surface area contributed by atoms with E-state index in [4.69, 9.17) is 39.8 Å². The Morgan fingerprint density at radius 3 is 2.62 bits per heavy atom. The van der Waals surface area contributed by atoms with Crippen molar-refractivity contribution in [2.24, 2.45) is 0 Å². The third kappa shape index (κ3) is 3.88. The number of hydrogen-bond donors (Lipinski definition) is 1. The van der Waals surface area contributed by atoms with Crippen LogP contribution in [-0.4, -0.2) is 10.1 Å². The second-order valence-corrected chi connectivity index (χ2v) is 8.89. The van der Waals surface area contributed by atoms with Crippen LogP contribution in [0.25, 0.3) is 11.3 Å². The van der Waals surface area contributed by atoms with E-state index >= 15 is 0 Å². The summed E-state index contributed by atoms with van der Waals surface area (Å²) in [5.74, 6) is 1.43. The predicted octanol–water partition coefficient (Wildman–Crippen LogP) is 7.13. The molecule has 1 aliphatic rings. The Balaban J connectivity index is 1.61. The van der Waals surface area contributed by atoms with Gasteiger partial charge in [0.05, 0.1) is 16.8 Å². The number of aryl methyl sites for hydroxylation is 1. The number of hydrogen-bond acceptors (Lipinski definition) is 3. The molecule has 5 rings (SSSR count). The van der Waals surface area contributed by atoms with Gasteiger partial charge in [0.15, 0.2) is 5.11 Å². The summed E-state index contributed by atoms with van der Waals surface area (Å²) in [7, 11) is 0. The van der Waals surface area contributed by atoms with Crippen LogP contribution >= 0.6 is 35.4 Å². The lowest BCUT2D eigenvalue weighted by atomic mass is 10.0. The molecule has 2 atom stereocenters. The Labute approximate surface area is 201 Å². The van der Waals surface area contributed by atoms with Gasteiger partial charge in [-0.25, -0.2) is 0 Å². The molecule has 1 N–H and O–H groups in total. The topological polar surface area (TPSA) is 41.3 Å². The molecule has 0 unspecified atom stereocenters. The molecule has 0 bridgehead atoms. The molecule has 32 heavy (non-hydrogen) atoms. The van der Waals surface area contributed by atoms with Crippen LogP contribution < -0.4 is 10.2 Å². The van der Waals surface area contributed by atoms with E-state index in [1.807, 2.05) is 42.5 Å². The Morgan fingerprint density at radius 1 is 1.00 bits per heavy atom. The van der Waals surface area contributed by atoms with E-state index in [9.17, 15) is 0 Å². The second-order valence-electron chi connectivity index (χ2n) is 7.66. The molecule has 4 nitrogen and oxygen atoms in total. The summed E-state index contributed by atoms with van der Waals surface area (Å²) in [6, 6.07) is 23.0. The lowest BCUT2D eigenvalue weighted by Gasteiger charge is -2.26. The Bertz CT molecular complexity index is 1290. The highest BCUT2D eigenvalue weighted by atomic mass is 35.5. The average Bonchev–Trinajstić information content (AvgIpc) is 3.39. The van der Waals surface area contributed by atoms with Crippen LogP contribution in [-0.2, 0) is 0 Å². The fourth-order valence-electron chi connectivity index (χ4n) is 4.05. The Kier molecular flexibility index (Phi) is 5.64. The molecule has 3 heterocycles. The minimum atomic E-state index is -0.223. The van der Waals surface area contributed by atoms with Crippen molar-refractivity contribution >= 4 is 46.2 Å². The minimum Gasteiger partial charge on any atom is -0.459 e. The van der Waals surface area contributed by atoms with Gasteiger partial charge in [-0.3, -0.25) is 4.98 Å². The maximum atomic E-state index is 6.42. The van der Waals surface area contributed by atoms with Crippen molar-refractivity contribution in [3.8, 4) is 11.3 Å². The Hall–Kier alpha value is -2.86. The monoisotopic (exact) mass is 479 g/mol. The van der Waals surface area contributed by atoms with Gasteiger partial charge < -0.3 is 14.6 Å². The average molecular weight is 480 g/mol. The zero-order valence-corrected chi connectivity index (χ0v) is 19.5. The van der Waals surface area contributed by atoms with Gasteiger partial charge in [0.1, 0.15) is 17.6 Å². The summed E-state index contributed by atoms with van der Waals surface area (Å²) in [4.78, 5) is 6.67. The lowest BCUT2D eigenvalue weighted by molar-refractivity contribution is 0.439. The first-order valence-corrected chi connectivity index (χ1v) is 11.3. The van der Waals surface area contributed by atoms with E-state index in [2.05, 4.69) is 40.3 Å². The molecule has 0 aliphatic carbocycles. The summed E-state index contributed by atoms with van der Waals surface area (Å²) in [6.45, 7) is 2.06. The van der Waals surface area contributed by atoms with E-state index in [1.54, 1.807) is 18.3 Å². The smallest absolute Gasteiger partial charge is 0.174 e. The highest BCUT2D eigenvalue weighted by Crippen LogP contribution is 2.43. The minimum absolute atomic E-state index is 0.177. The fraction of sp³-hybridized carbons (Fsp3) is 0.120. The molecule has 1 saturated heterocycles. The van der Waals surface area contributed by atoms with Gasteiger partial charge in [0, 0.05) is 22.5 Å². The summed E-state index contributed by atoms with van der Waals surface area (Å²) >= 11 is 18.3. The number of rotatable bonds is 4. The van der Waals surface area contributed by atoms with Crippen molar-refractivity contribution in [2.75, 3.05) is 4.90 Å². The summed E-state index contributed by atoms with van der Waals surface area (Å²) in [6.07, 6.45) is 1.79. The van der Waals surface area contributed by atoms with E-state index in [-0.39, 0.29) is 12.1 Å². The highest BCUT2D eigenvalue weighted by Gasteiger charge is 2.42. The number of anilines is 1. The molecule has 4 aromatic rings. The normalized spacial score (nSPS) is 18.1. The van der Waals surface area contributed by atoms with Crippen molar-refractivity contribution in [2.45, 2.75) is 19.0 Å². The van der Waals surface area contributed by atoms with E-state index < -0.39 is 0 Å². The molecule has 0 radical (unpaired) electrons. The molecule has 2 aromatic carbocycles. The molecule has 0 spiro atoms. The van der Waals surface area contributed by atoms with Crippen LogP contribution in [0, 0.1) is 6.92 Å². The van der Waals surface area contributed by atoms with Crippen LogP contribution in [0.5, 0.6) is 0 Å². The van der Waals surface area contributed by atoms with Gasteiger partial charge in [-0.2, -0.15) is 0 Å². The molecular formula is C25H19Cl2N3OS. The van der Waals surface area contributed by atoms with Gasteiger partial charge in [0.25, 0.3) is 0 Å². The van der Waals surface area contributed by atoms with Crippen LogP contribution in [0.2, 0.25) is 10.0 Å². The highest BCUT2D eigenvalue weighted by molar-refractivity contribution is 7.80. The van der Waals surface area contributed by atoms with E-state index in [1.165, 1.54) is 0 Å². The van der Waals surface area contributed by atoms with Crippen molar-refractivity contribution in [1.82, 2.24) is 10.3 Å². The van der Waals surface area contributed by atoms with E-state index in [0.29, 0.717) is 20.9 Å². The number of nitrogens with one attached hydrogen (secondary N) is 1. The van der Waals surface area contributed by atoms with Gasteiger partial charge in [-0.1, -0.05) is 41.4 Å². The Morgan fingerprint density at radius 2 is 1.88 bits per heavy atom. The van der Waals surface area contributed by atoms with Crippen molar-refractivity contribution in [3.05, 3.63) is 106 Å². The molecule has 7 heteroatoms. The molecule has 160 valence electrons. The molecule has 1 fully saturated rings. The number of halogens is 2. The first-order valence-electron chi connectivity index (χ1n) is 10.1. The van der Waals surface area contributed by atoms with Crippen LogP contribution in [0.3, 0.4) is 0 Å². The maximum Gasteiger partial charge on any atom is 0.174 e. The third-order valence-electron chi connectivity index (χ3n) is 5.49. The summed E-state index contributed by atoms with van der Waals surface area (Å²) in [5, 5.41) is 5.19. The summed E-state index contributed by atoms with van der Waals surface area (Å²) < 4.78 is 6.36. The van der Waals surface area contributed by atoms with Crippen molar-refractivity contribution in [1.29, 1.82) is 0 Å². The largest absolute Gasteiger partial charge is 0.459 e. The second kappa shape index (κ2) is 8.58. The maximum absolute atomic E-state index is 6.42. The number of nitrogens with zero attached hydrogens (tertiary/aromatic N) is 2. The van der Waals surface area contributed by atoms with Crippen LogP contribution in [0.1, 0.15) is 29.1 Å². The summed E-state index contributed by atoms with van der Waals surface area (Å²) in [5.41, 5.74) is 3.82. The third-order valence-corrected chi connectivity index (χ3v) is 6.36. The number of pyridine rings is 1. The SMILES string of the molecule is Cc1cccc(N2C(=S)N[C@H](c3ccccn3)[C@H]2c2ccc(-c3ccc(Cl)cc3Cl)o2)c1. The molecule has 0 amide bonds.